The number of hydrogen-bond acceptors (Lipinski definition) is 7. The van der Waals surface area contributed by atoms with E-state index in [2.05, 4.69) is 119 Å². The molecule has 0 unspecified atom stereocenters. The molecule has 0 aliphatic carbocycles. The molecule has 0 bridgehead atoms. The molecule has 0 aliphatic rings. The predicted octanol–water partition coefficient (Wildman–Crippen LogP) is 17.2. The van der Waals surface area contributed by atoms with Gasteiger partial charge in [0.05, 0.1) is 0 Å². The Balaban J connectivity index is 1.53. The van der Waals surface area contributed by atoms with Crippen LogP contribution in [0, 0.1) is 0 Å². The summed E-state index contributed by atoms with van der Waals surface area (Å²) in [6.07, 6.45) is 12.0. The maximum absolute atomic E-state index is 7.16. The summed E-state index contributed by atoms with van der Waals surface area (Å²) in [6.45, 7) is 13.1. The lowest BCUT2D eigenvalue weighted by atomic mass is 10.1. The lowest BCUT2D eigenvalue weighted by molar-refractivity contribution is 0.447. The Hall–Kier alpha value is -4.83. The second-order valence-electron chi connectivity index (χ2n) is 16.1. The van der Waals surface area contributed by atoms with Gasteiger partial charge in [0.2, 0.25) is 0 Å². The van der Waals surface area contributed by atoms with Crippen molar-refractivity contribution in [1.29, 1.82) is 0 Å². The van der Waals surface area contributed by atoms with E-state index in [4.69, 9.17) is 31.7 Å². The van der Waals surface area contributed by atoms with Gasteiger partial charge in [-0.05, 0) is 145 Å². The molecule has 65 heavy (non-hydrogen) atoms. The van der Waals surface area contributed by atoms with Crippen LogP contribution in [-0.4, -0.2) is 0 Å². The molecule has 0 saturated heterocycles. The third kappa shape index (κ3) is 16.2. The van der Waals surface area contributed by atoms with Gasteiger partial charge in [-0.1, -0.05) is 153 Å². The van der Waals surface area contributed by atoms with E-state index in [1.165, 1.54) is 33.4 Å². The maximum Gasteiger partial charge on any atom is 0.443 e. The summed E-state index contributed by atoms with van der Waals surface area (Å²) < 4.78 is 47.0. The van der Waals surface area contributed by atoms with E-state index in [0.29, 0.717) is 34.5 Å². The number of nitrogens with zero attached hydrogens (tertiary/aromatic N) is 1. The highest BCUT2D eigenvalue weighted by Crippen LogP contribution is 2.61. The molecule has 8 nitrogen and oxygen atoms in total. The van der Waals surface area contributed by atoms with Crippen LogP contribution in [0.5, 0.6) is 34.5 Å². The van der Waals surface area contributed by atoms with Gasteiger partial charge in [-0.3, -0.25) is 0 Å². The van der Waals surface area contributed by atoms with E-state index in [1.54, 1.807) is 0 Å². The number of rotatable bonds is 27. The monoisotopic (exact) mass is 932 g/mol. The van der Waals surface area contributed by atoms with Crippen molar-refractivity contribution in [2.45, 2.75) is 119 Å². The Morgan fingerprint density at radius 1 is 0.338 bits per heavy atom. The molecule has 0 aromatic heterocycles. The highest BCUT2D eigenvalue weighted by molar-refractivity contribution is 7.71. The van der Waals surface area contributed by atoms with E-state index >= 15 is 0 Å². The number of benzene rings is 6. The maximum atomic E-state index is 7.16. The van der Waals surface area contributed by atoms with Crippen molar-refractivity contribution >= 4 is 24.7 Å². The summed E-state index contributed by atoms with van der Waals surface area (Å²) >= 11 is 0. The third-order valence-corrected chi connectivity index (χ3v) is 16.0. The van der Waals surface area contributed by atoms with Crippen LogP contribution in [-0.2, 0) is 38.5 Å². The van der Waals surface area contributed by atoms with Crippen molar-refractivity contribution in [3.63, 3.8) is 0 Å². The van der Waals surface area contributed by atoms with Gasteiger partial charge in [0.1, 0.15) is 34.5 Å². The largest absolute Gasteiger partial charge is 0.443 e. The molecule has 0 fully saturated rings. The Labute approximate surface area is 391 Å². The van der Waals surface area contributed by atoms with Crippen LogP contribution in [0.4, 0.5) is 0 Å². The zero-order valence-corrected chi connectivity index (χ0v) is 41.8. The zero-order valence-electron chi connectivity index (χ0n) is 39.1. The standard InChI is InChI=1S/C54H67N2O6P3/c1-7-13-43-19-31-49(32-20-43)57-63(58-50-33-21-44(14-8-2)22-34-50)55-65(61-53-39-27-47(17-11-5)28-40-53,62-54-41-29-48(18-12-6)30-42-54)56-64(59-51-35-23-45(15-9-3)24-36-51)60-52-37-25-46(16-10-4)26-38-52/h19-42,55H,7-18H2,1-6H3. The molecule has 0 radical (unpaired) electrons. The van der Waals surface area contributed by atoms with E-state index in [-0.39, 0.29) is 0 Å². The summed E-state index contributed by atoms with van der Waals surface area (Å²) in [5, 5.41) is 0. The number of aryl methyl sites for hydroxylation is 6. The van der Waals surface area contributed by atoms with Gasteiger partial charge in [0, 0.05) is 0 Å². The van der Waals surface area contributed by atoms with Crippen molar-refractivity contribution < 1.29 is 27.1 Å². The summed E-state index contributed by atoms with van der Waals surface area (Å²) in [5.74, 6) is 3.60. The molecule has 0 saturated carbocycles. The van der Waals surface area contributed by atoms with Gasteiger partial charge in [-0.15, -0.1) is 9.37 Å². The van der Waals surface area contributed by atoms with E-state index in [9.17, 15) is 0 Å². The average Bonchev–Trinajstić information content (AvgIpc) is 3.31. The van der Waals surface area contributed by atoms with Crippen molar-refractivity contribution in [3.8, 4) is 34.5 Å². The molecule has 0 aliphatic heterocycles. The van der Waals surface area contributed by atoms with Gasteiger partial charge in [-0.2, -0.15) is 0 Å². The Morgan fingerprint density at radius 2 is 0.569 bits per heavy atom. The second kappa shape index (κ2) is 26.3. The first kappa shape index (κ1) is 49.6. The molecule has 6 aromatic carbocycles. The Bertz CT molecular complexity index is 2170. The zero-order chi connectivity index (χ0) is 45.7. The topological polar surface area (TPSA) is 79.8 Å². The smallest absolute Gasteiger partial charge is 0.427 e. The van der Waals surface area contributed by atoms with Gasteiger partial charge in [0.15, 0.2) is 0 Å². The molecule has 11 heteroatoms. The molecule has 0 atom stereocenters. The molecule has 344 valence electrons. The van der Waals surface area contributed by atoms with Crippen molar-refractivity contribution in [2.75, 3.05) is 0 Å². The first-order valence-electron chi connectivity index (χ1n) is 23.5. The quantitative estimate of drug-likeness (QED) is 0.0515. The highest BCUT2D eigenvalue weighted by atomic mass is 31.3. The lowest BCUT2D eigenvalue weighted by Crippen LogP contribution is -2.19. The molecule has 0 heterocycles. The molecular weight excluding hydrogens is 866 g/mol. The number of nitrogens with one attached hydrogen (secondary N) is 1. The Kier molecular flexibility index (Phi) is 20.1. The fraction of sp³-hybridized carbons (Fsp3) is 0.333. The summed E-state index contributed by atoms with van der Waals surface area (Å²) in [4.78, 5) is 3.65. The van der Waals surface area contributed by atoms with Crippen LogP contribution in [0.1, 0.15) is 113 Å². The van der Waals surface area contributed by atoms with E-state index in [1.807, 2.05) is 72.8 Å². The molecule has 0 spiro atoms. The molecule has 1 N–H and O–H groups in total. The van der Waals surface area contributed by atoms with Gasteiger partial charge in [-0.25, -0.2) is 0 Å². The molecular formula is C54H67N2O6P3. The minimum absolute atomic E-state index is 0.558. The van der Waals surface area contributed by atoms with Crippen LogP contribution >= 0.6 is 24.7 Å². The van der Waals surface area contributed by atoms with Crippen LogP contribution < -0.4 is 32.0 Å². The van der Waals surface area contributed by atoms with E-state index < -0.39 is 24.7 Å². The summed E-state index contributed by atoms with van der Waals surface area (Å²) in [7, 11) is -8.03. The average molecular weight is 933 g/mol. The molecule has 6 rings (SSSR count). The predicted molar refractivity (Wildman–Crippen MR) is 273 cm³/mol. The summed E-state index contributed by atoms with van der Waals surface area (Å²) in [6, 6.07) is 48.8. The van der Waals surface area contributed by atoms with Crippen LogP contribution in [0.2, 0.25) is 0 Å². The first-order chi connectivity index (χ1) is 31.8. The van der Waals surface area contributed by atoms with Crippen molar-refractivity contribution in [1.82, 2.24) is 4.86 Å². The van der Waals surface area contributed by atoms with Crippen molar-refractivity contribution in [2.24, 2.45) is 4.52 Å². The van der Waals surface area contributed by atoms with Gasteiger partial charge >= 0.3 is 24.7 Å². The molecule has 6 aromatic rings. The van der Waals surface area contributed by atoms with Gasteiger partial charge < -0.3 is 27.1 Å². The first-order valence-corrected chi connectivity index (χ1v) is 27.3. The fourth-order valence-corrected chi connectivity index (χ4v) is 12.6. The molecule has 0 amide bonds. The normalized spacial score (nSPS) is 11.4. The van der Waals surface area contributed by atoms with Crippen LogP contribution in [0.15, 0.2) is 150 Å². The SMILES string of the molecule is CCCc1ccc(OP(N=P(NP(Oc2ccc(CCC)cc2)Oc2ccc(CCC)cc2)(Oc2ccc(CCC)cc2)Oc2ccc(CCC)cc2)Oc2ccc(CCC)cc2)cc1. The van der Waals surface area contributed by atoms with Crippen molar-refractivity contribution in [3.05, 3.63) is 179 Å². The summed E-state index contributed by atoms with van der Waals surface area (Å²) in [5.41, 5.74) is 7.34. The minimum atomic E-state index is -3.81. The third-order valence-electron chi connectivity index (χ3n) is 10.4. The van der Waals surface area contributed by atoms with Crippen LogP contribution in [0.25, 0.3) is 0 Å². The Morgan fingerprint density at radius 3 is 0.815 bits per heavy atom. The fourth-order valence-electron chi connectivity index (χ4n) is 7.12. The highest BCUT2D eigenvalue weighted by Gasteiger charge is 2.38. The second-order valence-corrected chi connectivity index (χ2v) is 20.8. The number of hydrogen-bond donors (Lipinski definition) is 1. The van der Waals surface area contributed by atoms with Crippen LogP contribution in [0.3, 0.4) is 0 Å². The van der Waals surface area contributed by atoms with Gasteiger partial charge in [0.25, 0.3) is 0 Å². The minimum Gasteiger partial charge on any atom is -0.427 e. The lowest BCUT2D eigenvalue weighted by Gasteiger charge is -2.30. The van der Waals surface area contributed by atoms with E-state index in [0.717, 1.165) is 77.0 Å².